The summed E-state index contributed by atoms with van der Waals surface area (Å²) in [5.74, 6) is 0. The average Bonchev–Trinajstić information content (AvgIpc) is 2.95. The number of nitrogens with one attached hydrogen (secondary N) is 2. The fourth-order valence-corrected chi connectivity index (χ4v) is 3.55. The molecule has 0 bridgehead atoms. The molecule has 1 aliphatic rings. The summed E-state index contributed by atoms with van der Waals surface area (Å²) in [6.07, 6.45) is 6.01. The van der Waals surface area contributed by atoms with Crippen LogP contribution in [0.5, 0.6) is 0 Å². The molecular formula is C16H24N2O2S. The van der Waals surface area contributed by atoms with Crippen molar-refractivity contribution in [3.8, 4) is 0 Å². The van der Waals surface area contributed by atoms with Gasteiger partial charge in [0.2, 0.25) is 0 Å². The van der Waals surface area contributed by atoms with Gasteiger partial charge < -0.3 is 15.7 Å². The van der Waals surface area contributed by atoms with Gasteiger partial charge in [0.15, 0.2) is 0 Å². The fraction of sp³-hybridized carbons (Fsp3) is 0.562. The summed E-state index contributed by atoms with van der Waals surface area (Å²) < 4.78 is 0. The van der Waals surface area contributed by atoms with Crippen LogP contribution in [-0.2, 0) is 6.42 Å². The van der Waals surface area contributed by atoms with Crippen molar-refractivity contribution in [3.63, 3.8) is 0 Å². The largest absolute Gasteiger partial charge is 0.394 e. The van der Waals surface area contributed by atoms with Crippen LogP contribution in [0.4, 0.5) is 4.79 Å². The average molecular weight is 308 g/mol. The lowest BCUT2D eigenvalue weighted by Crippen LogP contribution is -2.47. The van der Waals surface area contributed by atoms with Gasteiger partial charge in [0.1, 0.15) is 0 Å². The van der Waals surface area contributed by atoms with E-state index in [1.165, 1.54) is 6.42 Å². The zero-order valence-corrected chi connectivity index (χ0v) is 13.2. The molecule has 0 radical (unpaired) electrons. The first-order chi connectivity index (χ1) is 10.2. The summed E-state index contributed by atoms with van der Waals surface area (Å²) in [6, 6.07) is 9.74. The minimum atomic E-state index is -0.245. The Balaban J connectivity index is 1.77. The minimum absolute atomic E-state index is 0.0551. The number of rotatable bonds is 6. The molecule has 5 heteroatoms. The molecule has 1 saturated carbocycles. The first-order valence-electron chi connectivity index (χ1n) is 7.46. The highest BCUT2D eigenvalue weighted by atomic mass is 32.2. The molecule has 0 spiro atoms. The Morgan fingerprint density at radius 3 is 2.76 bits per heavy atom. The van der Waals surface area contributed by atoms with Crippen LogP contribution in [0, 0.1) is 0 Å². The molecule has 0 aromatic heterocycles. The van der Waals surface area contributed by atoms with E-state index in [9.17, 15) is 9.90 Å². The van der Waals surface area contributed by atoms with E-state index in [0.717, 1.165) is 18.4 Å². The Hall–Kier alpha value is -1.20. The lowest BCUT2D eigenvalue weighted by Gasteiger charge is -2.19. The number of carbonyl (C=O) groups excluding carboxylic acids is 1. The summed E-state index contributed by atoms with van der Waals surface area (Å²) in [6.45, 7) is -0.0551. The number of urea groups is 1. The maximum absolute atomic E-state index is 12.0. The molecule has 0 heterocycles. The van der Waals surface area contributed by atoms with Crippen molar-refractivity contribution in [1.82, 2.24) is 10.6 Å². The lowest BCUT2D eigenvalue weighted by molar-refractivity contribution is 0.213. The molecule has 1 aromatic carbocycles. The summed E-state index contributed by atoms with van der Waals surface area (Å²) in [7, 11) is 0. The molecule has 1 aliphatic carbocycles. The van der Waals surface area contributed by atoms with Crippen molar-refractivity contribution in [1.29, 1.82) is 0 Å². The second-order valence-electron chi connectivity index (χ2n) is 5.55. The molecule has 21 heavy (non-hydrogen) atoms. The molecule has 3 N–H and O–H groups in total. The number of aliphatic hydroxyl groups excluding tert-OH is 1. The van der Waals surface area contributed by atoms with Crippen LogP contribution in [0.25, 0.3) is 0 Å². The minimum Gasteiger partial charge on any atom is -0.394 e. The van der Waals surface area contributed by atoms with Crippen molar-refractivity contribution in [2.24, 2.45) is 0 Å². The zero-order valence-electron chi connectivity index (χ0n) is 12.4. The van der Waals surface area contributed by atoms with Crippen LogP contribution in [0.15, 0.2) is 30.3 Å². The predicted molar refractivity (Wildman–Crippen MR) is 87.6 cm³/mol. The van der Waals surface area contributed by atoms with Crippen LogP contribution in [-0.4, -0.2) is 41.3 Å². The van der Waals surface area contributed by atoms with Crippen molar-refractivity contribution in [2.45, 2.75) is 43.0 Å². The molecule has 1 fully saturated rings. The summed E-state index contributed by atoms with van der Waals surface area (Å²) >= 11 is 1.87. The molecule has 3 atom stereocenters. The van der Waals surface area contributed by atoms with Crippen molar-refractivity contribution < 1.29 is 9.90 Å². The normalized spacial score (nSPS) is 22.8. The van der Waals surface area contributed by atoms with Crippen LogP contribution in [0.1, 0.15) is 24.8 Å². The maximum Gasteiger partial charge on any atom is 0.315 e. The van der Waals surface area contributed by atoms with E-state index in [-0.39, 0.29) is 24.7 Å². The molecule has 116 valence electrons. The molecule has 0 saturated heterocycles. The van der Waals surface area contributed by atoms with E-state index in [1.54, 1.807) is 0 Å². The quantitative estimate of drug-likeness (QED) is 0.755. The van der Waals surface area contributed by atoms with Gasteiger partial charge in [-0.1, -0.05) is 30.3 Å². The first-order valence-corrected chi connectivity index (χ1v) is 8.74. The Bertz CT molecular complexity index is 441. The monoisotopic (exact) mass is 308 g/mol. The van der Waals surface area contributed by atoms with Gasteiger partial charge in [-0.15, -0.1) is 0 Å². The van der Waals surface area contributed by atoms with E-state index < -0.39 is 0 Å². The highest BCUT2D eigenvalue weighted by Gasteiger charge is 2.25. The Morgan fingerprint density at radius 1 is 1.38 bits per heavy atom. The van der Waals surface area contributed by atoms with Gasteiger partial charge >= 0.3 is 6.03 Å². The molecule has 4 nitrogen and oxygen atoms in total. The van der Waals surface area contributed by atoms with Crippen LogP contribution in [0.3, 0.4) is 0 Å². The molecule has 0 unspecified atom stereocenters. The highest BCUT2D eigenvalue weighted by molar-refractivity contribution is 7.99. The summed E-state index contributed by atoms with van der Waals surface area (Å²) in [5.41, 5.74) is 1.11. The Morgan fingerprint density at radius 2 is 2.14 bits per heavy atom. The van der Waals surface area contributed by atoms with Crippen molar-refractivity contribution in [3.05, 3.63) is 35.9 Å². The third-order valence-corrected chi connectivity index (χ3v) is 5.03. The molecule has 1 aromatic rings. The smallest absolute Gasteiger partial charge is 0.315 e. The number of hydrogen-bond acceptors (Lipinski definition) is 3. The molecule has 2 rings (SSSR count). The predicted octanol–water partition coefficient (Wildman–Crippen LogP) is 2.17. The second kappa shape index (κ2) is 8.29. The fourth-order valence-electron chi connectivity index (χ4n) is 2.76. The van der Waals surface area contributed by atoms with E-state index in [4.69, 9.17) is 0 Å². The van der Waals surface area contributed by atoms with Crippen LogP contribution < -0.4 is 10.6 Å². The van der Waals surface area contributed by atoms with Gasteiger partial charge in [-0.05, 0) is 37.5 Å². The van der Waals surface area contributed by atoms with Gasteiger partial charge in [-0.3, -0.25) is 0 Å². The van der Waals surface area contributed by atoms with E-state index >= 15 is 0 Å². The molecular weight excluding hydrogens is 284 g/mol. The molecule has 0 aliphatic heterocycles. The zero-order chi connectivity index (χ0) is 15.1. The lowest BCUT2D eigenvalue weighted by atomic mass is 10.1. The third-order valence-electron chi connectivity index (χ3n) is 3.93. The van der Waals surface area contributed by atoms with E-state index in [1.807, 2.05) is 42.1 Å². The Kier molecular flexibility index (Phi) is 6.39. The van der Waals surface area contributed by atoms with Gasteiger partial charge in [0.05, 0.1) is 12.6 Å². The maximum atomic E-state index is 12.0. The standard InChI is InChI=1S/C16H24N2O2S/c1-21-15-8-7-13(10-15)17-16(20)18-14(11-19)9-12-5-3-2-4-6-12/h2-6,13-15,19H,7-11H2,1H3,(H2,17,18,20)/t13-,14+,15+/m0/s1. The Labute approximate surface area is 130 Å². The second-order valence-corrected chi connectivity index (χ2v) is 6.69. The number of benzene rings is 1. The van der Waals surface area contributed by atoms with Gasteiger partial charge in [0, 0.05) is 11.3 Å². The van der Waals surface area contributed by atoms with Crippen molar-refractivity contribution in [2.75, 3.05) is 12.9 Å². The number of hydrogen-bond donors (Lipinski definition) is 3. The van der Waals surface area contributed by atoms with Gasteiger partial charge in [-0.2, -0.15) is 11.8 Å². The summed E-state index contributed by atoms with van der Waals surface area (Å²) in [5, 5.41) is 16.0. The summed E-state index contributed by atoms with van der Waals surface area (Å²) in [4.78, 5) is 12.0. The highest BCUT2D eigenvalue weighted by Crippen LogP contribution is 2.27. The van der Waals surface area contributed by atoms with E-state index in [2.05, 4.69) is 16.9 Å². The topological polar surface area (TPSA) is 61.4 Å². The van der Waals surface area contributed by atoms with Gasteiger partial charge in [0.25, 0.3) is 0 Å². The van der Waals surface area contributed by atoms with Crippen molar-refractivity contribution >= 4 is 17.8 Å². The first kappa shape index (κ1) is 16.2. The third kappa shape index (κ3) is 5.25. The van der Waals surface area contributed by atoms with E-state index in [0.29, 0.717) is 11.7 Å². The van der Waals surface area contributed by atoms with Crippen LogP contribution >= 0.6 is 11.8 Å². The SMILES string of the molecule is CS[C@@H]1CC[C@H](NC(=O)N[C@@H](CO)Cc2ccccc2)C1. The number of carbonyl (C=O) groups is 1. The molecule has 2 amide bonds. The number of amides is 2. The number of thioether (sulfide) groups is 1. The van der Waals surface area contributed by atoms with Gasteiger partial charge in [-0.25, -0.2) is 4.79 Å². The number of aliphatic hydroxyl groups is 1. The van der Waals surface area contributed by atoms with Crippen LogP contribution in [0.2, 0.25) is 0 Å².